The van der Waals surface area contributed by atoms with Gasteiger partial charge in [-0.2, -0.15) is 0 Å². The zero-order valence-corrected chi connectivity index (χ0v) is 22.1. The number of nitrogens with zero attached hydrogens (tertiary/aromatic N) is 3. The van der Waals surface area contributed by atoms with E-state index in [0.29, 0.717) is 30.6 Å². The first kappa shape index (κ1) is 27.3. The molecule has 3 rings (SSSR count). The van der Waals surface area contributed by atoms with Gasteiger partial charge in [0.2, 0.25) is 10.0 Å². The Kier molecular flexibility index (Phi) is 9.38. The number of sulfonamides is 1. The lowest BCUT2D eigenvalue weighted by Gasteiger charge is -2.46. The standard InChI is InChI=1S/C23H39N3O6S2/c1-4-33(28,29)11-5-10-25-13-19-12-20(14-25)16-26(15-19)17-21(27)18-32-22-6-8-23(9-7-22)34(30,31)24(2)3/h6-9,19-21,27H,4-5,10-18H2,1-3H3. The molecule has 11 heteroatoms. The molecule has 0 amide bonds. The number of hydrogen-bond donors (Lipinski definition) is 1. The van der Waals surface area contributed by atoms with Crippen molar-refractivity contribution in [3.63, 3.8) is 0 Å². The summed E-state index contributed by atoms with van der Waals surface area (Å²) < 4.78 is 54.6. The minimum Gasteiger partial charge on any atom is -0.491 e. The number of likely N-dealkylation sites (tertiary alicyclic amines) is 2. The molecule has 0 saturated carbocycles. The third-order valence-corrected chi connectivity index (χ3v) is 10.2. The van der Waals surface area contributed by atoms with Gasteiger partial charge < -0.3 is 14.7 Å². The molecular weight excluding hydrogens is 478 g/mol. The molecule has 2 bridgehead atoms. The van der Waals surface area contributed by atoms with E-state index in [-0.39, 0.29) is 23.0 Å². The number of ether oxygens (including phenoxy) is 1. The Morgan fingerprint density at radius 3 is 2.18 bits per heavy atom. The fraction of sp³-hybridized carbons (Fsp3) is 0.739. The third-order valence-electron chi connectivity index (χ3n) is 6.62. The van der Waals surface area contributed by atoms with E-state index in [1.165, 1.54) is 32.6 Å². The molecule has 2 aliphatic heterocycles. The Hall–Kier alpha value is -1.24. The van der Waals surface area contributed by atoms with E-state index >= 15 is 0 Å². The van der Waals surface area contributed by atoms with Crippen molar-refractivity contribution in [2.75, 3.05) is 71.5 Å². The number of hydrogen-bond acceptors (Lipinski definition) is 8. The predicted octanol–water partition coefficient (Wildman–Crippen LogP) is 0.755. The Morgan fingerprint density at radius 1 is 1.03 bits per heavy atom. The molecule has 34 heavy (non-hydrogen) atoms. The fourth-order valence-electron chi connectivity index (χ4n) is 4.94. The summed E-state index contributed by atoms with van der Waals surface area (Å²) in [6, 6.07) is 6.22. The van der Waals surface area contributed by atoms with Crippen LogP contribution in [0.1, 0.15) is 19.8 Å². The van der Waals surface area contributed by atoms with Crippen molar-refractivity contribution in [2.45, 2.75) is 30.8 Å². The molecule has 9 nitrogen and oxygen atoms in total. The number of aliphatic hydroxyl groups is 1. The van der Waals surface area contributed by atoms with Gasteiger partial charge in [0.1, 0.15) is 28.3 Å². The highest BCUT2D eigenvalue weighted by Crippen LogP contribution is 2.29. The monoisotopic (exact) mass is 517 g/mol. The lowest BCUT2D eigenvalue weighted by molar-refractivity contribution is 0.000242. The van der Waals surface area contributed by atoms with E-state index in [0.717, 1.165) is 37.0 Å². The zero-order valence-electron chi connectivity index (χ0n) is 20.5. The maximum atomic E-state index is 12.2. The van der Waals surface area contributed by atoms with E-state index in [9.17, 15) is 21.9 Å². The largest absolute Gasteiger partial charge is 0.491 e. The second kappa shape index (κ2) is 11.7. The zero-order chi connectivity index (χ0) is 24.9. The highest BCUT2D eigenvalue weighted by molar-refractivity contribution is 7.91. The number of fused-ring (bicyclic) bond motifs is 2. The van der Waals surface area contributed by atoms with Gasteiger partial charge in [-0.25, -0.2) is 21.1 Å². The molecule has 2 aliphatic rings. The molecule has 1 aromatic rings. The molecule has 1 N–H and O–H groups in total. The smallest absolute Gasteiger partial charge is 0.242 e. The Morgan fingerprint density at radius 2 is 1.62 bits per heavy atom. The van der Waals surface area contributed by atoms with Crippen molar-refractivity contribution in [3.05, 3.63) is 24.3 Å². The Balaban J connectivity index is 1.41. The molecule has 2 fully saturated rings. The molecule has 1 aromatic carbocycles. The van der Waals surface area contributed by atoms with Crippen LogP contribution in [0.3, 0.4) is 0 Å². The fourth-order valence-corrected chi connectivity index (χ4v) is 6.70. The van der Waals surface area contributed by atoms with Crippen LogP contribution in [0, 0.1) is 11.8 Å². The summed E-state index contributed by atoms with van der Waals surface area (Å²) in [5, 5.41) is 10.5. The van der Waals surface area contributed by atoms with Crippen LogP contribution in [0.5, 0.6) is 5.75 Å². The van der Waals surface area contributed by atoms with Crippen LogP contribution in [0.15, 0.2) is 29.2 Å². The summed E-state index contributed by atoms with van der Waals surface area (Å²) in [4.78, 5) is 4.91. The summed E-state index contributed by atoms with van der Waals surface area (Å²) in [6.45, 7) is 7.02. The van der Waals surface area contributed by atoms with Gasteiger partial charge in [-0.3, -0.25) is 4.90 Å². The van der Waals surface area contributed by atoms with Crippen LogP contribution in [0.2, 0.25) is 0 Å². The number of β-amino-alcohol motifs (C(OH)–C–C–N with tert-alkyl or cyclic N) is 1. The summed E-state index contributed by atoms with van der Waals surface area (Å²) in [7, 11) is -3.40. The third kappa shape index (κ3) is 7.63. The van der Waals surface area contributed by atoms with Crippen LogP contribution in [-0.2, 0) is 19.9 Å². The van der Waals surface area contributed by atoms with Crippen molar-refractivity contribution in [3.8, 4) is 5.75 Å². The molecule has 0 aromatic heterocycles. The van der Waals surface area contributed by atoms with E-state index in [1.807, 2.05) is 0 Å². The minimum absolute atomic E-state index is 0.142. The SMILES string of the molecule is CCS(=O)(=O)CCCN1CC2CC(C1)CN(CC(O)COc1ccc(S(=O)(=O)N(C)C)cc1)C2. The van der Waals surface area contributed by atoms with Gasteiger partial charge in [-0.15, -0.1) is 0 Å². The molecule has 3 atom stereocenters. The molecule has 0 radical (unpaired) electrons. The van der Waals surface area contributed by atoms with Crippen LogP contribution >= 0.6 is 0 Å². The van der Waals surface area contributed by atoms with Gasteiger partial charge in [0, 0.05) is 52.6 Å². The maximum absolute atomic E-state index is 12.2. The van der Waals surface area contributed by atoms with Gasteiger partial charge in [-0.05, 0) is 55.5 Å². The van der Waals surface area contributed by atoms with Crippen molar-refractivity contribution >= 4 is 19.9 Å². The maximum Gasteiger partial charge on any atom is 0.242 e. The van der Waals surface area contributed by atoms with Gasteiger partial charge in [0.15, 0.2) is 0 Å². The average molecular weight is 518 g/mol. The first-order valence-electron chi connectivity index (χ1n) is 12.0. The molecule has 2 heterocycles. The Bertz CT molecular complexity index is 984. The number of benzene rings is 1. The first-order chi connectivity index (χ1) is 16.0. The van der Waals surface area contributed by atoms with Crippen molar-refractivity contribution in [1.82, 2.24) is 14.1 Å². The predicted molar refractivity (Wildman–Crippen MR) is 132 cm³/mol. The second-order valence-electron chi connectivity index (χ2n) is 9.76. The molecule has 3 unspecified atom stereocenters. The summed E-state index contributed by atoms with van der Waals surface area (Å²) in [6.07, 6.45) is 1.24. The van der Waals surface area contributed by atoms with Crippen LogP contribution in [0.4, 0.5) is 0 Å². The number of sulfone groups is 1. The number of rotatable bonds is 12. The van der Waals surface area contributed by atoms with E-state index in [4.69, 9.17) is 4.74 Å². The van der Waals surface area contributed by atoms with E-state index in [1.54, 1.807) is 19.1 Å². The normalized spacial score (nSPS) is 23.2. The number of piperidine rings is 2. The van der Waals surface area contributed by atoms with Crippen molar-refractivity contribution in [1.29, 1.82) is 0 Å². The molecular formula is C23H39N3O6S2. The highest BCUT2D eigenvalue weighted by atomic mass is 32.2. The lowest BCUT2D eigenvalue weighted by Crippen LogP contribution is -2.54. The molecule has 194 valence electrons. The van der Waals surface area contributed by atoms with E-state index in [2.05, 4.69) is 9.80 Å². The molecule has 2 saturated heterocycles. The van der Waals surface area contributed by atoms with Crippen molar-refractivity contribution in [2.24, 2.45) is 11.8 Å². The topological polar surface area (TPSA) is 107 Å². The van der Waals surface area contributed by atoms with Crippen LogP contribution in [-0.4, -0.2) is 114 Å². The summed E-state index contributed by atoms with van der Waals surface area (Å²) in [5.74, 6) is 2.07. The minimum atomic E-state index is -3.48. The van der Waals surface area contributed by atoms with Gasteiger partial charge in [-0.1, -0.05) is 6.92 Å². The highest BCUT2D eigenvalue weighted by Gasteiger charge is 2.34. The van der Waals surface area contributed by atoms with E-state index < -0.39 is 26.0 Å². The van der Waals surface area contributed by atoms with Crippen LogP contribution in [0.25, 0.3) is 0 Å². The summed E-state index contributed by atoms with van der Waals surface area (Å²) >= 11 is 0. The van der Waals surface area contributed by atoms with Crippen molar-refractivity contribution < 1.29 is 26.7 Å². The molecule has 0 aliphatic carbocycles. The summed E-state index contributed by atoms with van der Waals surface area (Å²) in [5.41, 5.74) is 0. The average Bonchev–Trinajstić information content (AvgIpc) is 2.77. The quantitative estimate of drug-likeness (QED) is 0.433. The Labute approximate surface area is 204 Å². The first-order valence-corrected chi connectivity index (χ1v) is 15.2. The van der Waals surface area contributed by atoms with Gasteiger partial charge in [0.25, 0.3) is 0 Å². The lowest BCUT2D eigenvalue weighted by atomic mass is 9.84. The van der Waals surface area contributed by atoms with Gasteiger partial charge in [0.05, 0.1) is 10.6 Å². The molecule has 0 spiro atoms. The van der Waals surface area contributed by atoms with Gasteiger partial charge >= 0.3 is 0 Å². The second-order valence-corrected chi connectivity index (χ2v) is 14.4. The van der Waals surface area contributed by atoms with Crippen LogP contribution < -0.4 is 4.74 Å². The number of aliphatic hydroxyl groups excluding tert-OH is 1.